The van der Waals surface area contributed by atoms with Crippen LogP contribution in [0, 0.1) is 0 Å². The molecule has 79 heavy (non-hydrogen) atoms. The molecule has 0 radical (unpaired) electrons. The van der Waals surface area contributed by atoms with Crippen LogP contribution in [0.3, 0.4) is 0 Å². The van der Waals surface area contributed by atoms with Crippen molar-refractivity contribution < 1.29 is 0 Å². The van der Waals surface area contributed by atoms with Crippen molar-refractivity contribution in [2.75, 3.05) is 0 Å². The minimum absolute atomic E-state index is 0.104. The first-order valence-electron chi connectivity index (χ1n) is 27.2. The number of rotatable bonds is 6. The molecule has 0 spiro atoms. The van der Waals surface area contributed by atoms with Gasteiger partial charge >= 0.3 is 355 Å². The maximum Gasteiger partial charge on any atom is -0.0380 e. The van der Waals surface area contributed by atoms with Crippen LogP contribution in [0.2, 0.25) is 0 Å². The van der Waals surface area contributed by atoms with E-state index in [9.17, 15) is 0 Å². The zero-order chi connectivity index (χ0) is 51.7. The monoisotopic (exact) mass is 1070 g/mol. The standard InChI is InChI=1S/C76H46N2Se/c1-3-20-50(21-4-1)77-66-35-17-15-24-52(66)54-41-38-47(44-68(54)77)72-56-26-7-9-28-58(56)74(59-29-10-8-27-57(59)72)49-40-43-64-71(46-49)79-70-37-19-34-65(76(64)70)75-62-32-13-11-30-60(62)73(61-31-12-14-33-63(61)75)48-39-42-55-53-25-16-18-36-67(53)78(69(55)45-48)51-22-5-2-6-23-51/h1-46H. The van der Waals surface area contributed by atoms with Gasteiger partial charge in [0.15, 0.2) is 0 Å². The average molecular weight is 1070 g/mol. The zero-order valence-corrected chi connectivity index (χ0v) is 44.6. The molecule has 0 aliphatic carbocycles. The predicted molar refractivity (Wildman–Crippen MR) is 339 cm³/mol. The first-order chi connectivity index (χ1) is 39.2. The third-order valence-electron chi connectivity index (χ3n) is 16.9. The van der Waals surface area contributed by atoms with Crippen molar-refractivity contribution in [2.24, 2.45) is 0 Å². The molecule has 17 aromatic rings. The van der Waals surface area contributed by atoms with Crippen LogP contribution in [-0.2, 0) is 0 Å². The van der Waals surface area contributed by atoms with Crippen LogP contribution in [0.15, 0.2) is 279 Å². The van der Waals surface area contributed by atoms with Gasteiger partial charge in [0.2, 0.25) is 0 Å². The Kier molecular flexibility index (Phi) is 9.76. The molecule has 366 valence electrons. The normalized spacial score (nSPS) is 12.1. The molecule has 0 fully saturated rings. The Bertz CT molecular complexity index is 5250. The van der Waals surface area contributed by atoms with E-state index in [0.717, 1.165) is 11.4 Å². The third-order valence-corrected chi connectivity index (χ3v) is 19.2. The Labute approximate surface area is 461 Å². The summed E-state index contributed by atoms with van der Waals surface area (Å²) in [5.41, 5.74) is 17.3. The molecule has 14 aromatic carbocycles. The van der Waals surface area contributed by atoms with Gasteiger partial charge < -0.3 is 0 Å². The number of hydrogen-bond acceptors (Lipinski definition) is 0. The molecule has 0 unspecified atom stereocenters. The van der Waals surface area contributed by atoms with Crippen LogP contribution in [0.4, 0.5) is 0 Å². The molecule has 2 nitrogen and oxygen atoms in total. The van der Waals surface area contributed by atoms with Crippen molar-refractivity contribution in [3.8, 4) is 55.9 Å². The summed E-state index contributed by atoms with van der Waals surface area (Å²) in [7, 11) is 0. The van der Waals surface area contributed by atoms with Crippen LogP contribution in [-0.4, -0.2) is 23.6 Å². The summed E-state index contributed by atoms with van der Waals surface area (Å²) < 4.78 is 7.72. The Morgan fingerprint density at radius 3 is 0.987 bits per heavy atom. The molecule has 0 aliphatic rings. The van der Waals surface area contributed by atoms with E-state index >= 15 is 0 Å². The van der Waals surface area contributed by atoms with Crippen molar-refractivity contribution in [2.45, 2.75) is 0 Å². The Hall–Kier alpha value is -9.76. The van der Waals surface area contributed by atoms with Gasteiger partial charge in [-0.15, -0.1) is 0 Å². The van der Waals surface area contributed by atoms with Gasteiger partial charge in [-0.1, -0.05) is 72.8 Å². The fourth-order valence-electron chi connectivity index (χ4n) is 13.6. The van der Waals surface area contributed by atoms with Crippen LogP contribution in [0.25, 0.3) is 162 Å². The third kappa shape index (κ3) is 6.58. The van der Waals surface area contributed by atoms with Gasteiger partial charge in [0, 0.05) is 0 Å². The molecule has 3 heterocycles. The van der Waals surface area contributed by atoms with Crippen LogP contribution >= 0.6 is 0 Å². The van der Waals surface area contributed by atoms with E-state index in [4.69, 9.17) is 0 Å². The number of hydrogen-bond donors (Lipinski definition) is 0. The fraction of sp³-hybridized carbons (Fsp3) is 0. The number of nitrogens with zero attached hydrogens (tertiary/aromatic N) is 2. The molecule has 0 saturated carbocycles. The van der Waals surface area contributed by atoms with E-state index in [1.165, 1.54) is 151 Å². The van der Waals surface area contributed by atoms with Crippen LogP contribution < -0.4 is 0 Å². The summed E-state index contributed by atoms with van der Waals surface area (Å²) in [6.45, 7) is 0. The first-order valence-corrected chi connectivity index (χ1v) is 29.0. The summed E-state index contributed by atoms with van der Waals surface area (Å²) in [4.78, 5) is 0. The SMILES string of the molecule is c1ccc(-n2c3ccccc3c3ccc(-c4c5ccccc5c(-c5ccc6c(c5)[se]c5cccc(-c7c8ccccc8c(-c8ccc9c%10ccccc%10n(-c%10ccccc%10)c9c8)c8ccccc78)c56)c5ccccc45)cc32)cc1. The molecular formula is C76H46N2Se. The molecular weight excluding hydrogens is 1020 g/mol. The van der Waals surface area contributed by atoms with Gasteiger partial charge in [-0.2, -0.15) is 0 Å². The van der Waals surface area contributed by atoms with Gasteiger partial charge in [0.05, 0.1) is 0 Å². The summed E-state index contributed by atoms with van der Waals surface area (Å²) >= 11 is 0.104. The predicted octanol–water partition coefficient (Wildman–Crippen LogP) is 20.5. The van der Waals surface area contributed by atoms with E-state index in [1.54, 1.807) is 0 Å². The van der Waals surface area contributed by atoms with E-state index in [2.05, 4.69) is 288 Å². The Morgan fingerprint density at radius 1 is 0.215 bits per heavy atom. The minimum Gasteiger partial charge on any atom is -0.0602 e. The quantitative estimate of drug-likeness (QED) is 0.116. The molecule has 0 bridgehead atoms. The molecule has 0 atom stereocenters. The summed E-state index contributed by atoms with van der Waals surface area (Å²) in [5, 5.41) is 17.9. The van der Waals surface area contributed by atoms with Gasteiger partial charge in [0.25, 0.3) is 0 Å². The average Bonchev–Trinajstić information content (AvgIpc) is 4.36. The second-order valence-electron chi connectivity index (χ2n) is 21.0. The van der Waals surface area contributed by atoms with E-state index < -0.39 is 0 Å². The topological polar surface area (TPSA) is 9.86 Å². The zero-order valence-electron chi connectivity index (χ0n) is 42.9. The maximum atomic E-state index is 2.53. The summed E-state index contributed by atoms with van der Waals surface area (Å²) in [5.74, 6) is 0. The Balaban J connectivity index is 0.848. The van der Waals surface area contributed by atoms with E-state index in [1.807, 2.05) is 0 Å². The van der Waals surface area contributed by atoms with Crippen molar-refractivity contribution in [1.82, 2.24) is 9.13 Å². The number of aromatic nitrogens is 2. The molecule has 0 saturated heterocycles. The molecule has 0 N–H and O–H groups in total. The summed E-state index contributed by atoms with van der Waals surface area (Å²) in [6.07, 6.45) is 0. The second-order valence-corrected chi connectivity index (χ2v) is 23.3. The van der Waals surface area contributed by atoms with E-state index in [-0.39, 0.29) is 14.5 Å². The minimum atomic E-state index is 0.104. The maximum absolute atomic E-state index is 2.53. The number of fused-ring (bicyclic) bond motifs is 13. The Morgan fingerprint density at radius 2 is 0.557 bits per heavy atom. The smallest absolute Gasteiger partial charge is 0.0380 e. The van der Waals surface area contributed by atoms with Crippen LogP contribution in [0.1, 0.15) is 0 Å². The van der Waals surface area contributed by atoms with Crippen molar-refractivity contribution in [3.05, 3.63) is 279 Å². The molecule has 17 rings (SSSR count). The first kappa shape index (κ1) is 44.4. The number of benzene rings is 14. The molecule has 0 aliphatic heterocycles. The van der Waals surface area contributed by atoms with Crippen molar-refractivity contribution in [3.63, 3.8) is 0 Å². The molecule has 0 amide bonds. The van der Waals surface area contributed by atoms with Gasteiger partial charge in [-0.05, 0) is 36.4 Å². The molecule has 3 heteroatoms. The number of para-hydroxylation sites is 4. The van der Waals surface area contributed by atoms with Crippen molar-refractivity contribution >= 4 is 120 Å². The van der Waals surface area contributed by atoms with Gasteiger partial charge in [-0.25, -0.2) is 0 Å². The fourth-order valence-corrected chi connectivity index (χ4v) is 16.1. The summed E-state index contributed by atoms with van der Waals surface area (Å²) in [6, 6.07) is 104. The largest absolute Gasteiger partial charge is 0.0602 e. The van der Waals surface area contributed by atoms with Crippen LogP contribution in [0.5, 0.6) is 0 Å². The second kappa shape index (κ2) is 17.4. The van der Waals surface area contributed by atoms with Crippen molar-refractivity contribution in [1.29, 1.82) is 0 Å². The molecule has 3 aromatic heterocycles. The van der Waals surface area contributed by atoms with E-state index in [0.29, 0.717) is 0 Å². The van der Waals surface area contributed by atoms with Gasteiger partial charge in [-0.3, -0.25) is 0 Å². The van der Waals surface area contributed by atoms with Gasteiger partial charge in [0.1, 0.15) is 0 Å².